The number of hydrogen-bond donors (Lipinski definition) is 2. The highest BCUT2D eigenvalue weighted by Gasteiger charge is 2.12. The van der Waals surface area contributed by atoms with Gasteiger partial charge >= 0.3 is 0 Å². The van der Waals surface area contributed by atoms with Gasteiger partial charge in [0, 0.05) is 25.3 Å². The first kappa shape index (κ1) is 20.7. The Bertz CT molecular complexity index is 412. The first-order valence-electron chi connectivity index (χ1n) is 7.44. The van der Waals surface area contributed by atoms with Crippen molar-refractivity contribution in [3.63, 3.8) is 0 Å². The average molecular weight is 331 g/mol. The fraction of sp³-hybridized carbons (Fsp3) is 0.562. The van der Waals surface area contributed by atoms with Gasteiger partial charge in [-0.2, -0.15) is 0 Å². The van der Waals surface area contributed by atoms with E-state index in [0.717, 1.165) is 25.0 Å². The number of carbonyl (C=O) groups is 1. The topological polar surface area (TPSA) is 73.6 Å². The maximum Gasteiger partial charge on any atom is 0.251 e. The molecule has 0 radical (unpaired) electrons. The minimum Gasteiger partial charge on any atom is -0.491 e. The Morgan fingerprint density at radius 1 is 1.27 bits per heavy atom. The van der Waals surface area contributed by atoms with Crippen LogP contribution >= 0.6 is 12.4 Å². The molecule has 0 bridgehead atoms. The summed E-state index contributed by atoms with van der Waals surface area (Å²) >= 11 is 0. The van der Waals surface area contributed by atoms with Crippen LogP contribution in [0.15, 0.2) is 24.3 Å². The summed E-state index contributed by atoms with van der Waals surface area (Å²) in [6.45, 7) is 3.62. The van der Waals surface area contributed by atoms with E-state index in [4.69, 9.17) is 15.2 Å². The van der Waals surface area contributed by atoms with Crippen LogP contribution in [0.3, 0.4) is 0 Å². The fourth-order valence-corrected chi connectivity index (χ4v) is 1.91. The van der Waals surface area contributed by atoms with E-state index in [1.54, 1.807) is 31.4 Å². The molecule has 1 unspecified atom stereocenters. The number of nitrogens with two attached hydrogens (primary N) is 1. The molecule has 0 saturated heterocycles. The second-order valence-electron chi connectivity index (χ2n) is 4.91. The second-order valence-corrected chi connectivity index (χ2v) is 4.91. The molecule has 1 atom stereocenters. The Morgan fingerprint density at radius 2 is 1.95 bits per heavy atom. The molecule has 0 aliphatic rings. The van der Waals surface area contributed by atoms with Crippen LogP contribution in [0, 0.1) is 0 Å². The van der Waals surface area contributed by atoms with Crippen molar-refractivity contribution in [2.45, 2.75) is 32.2 Å². The number of nitrogens with one attached hydrogen (secondary N) is 1. The van der Waals surface area contributed by atoms with Crippen LogP contribution in [0.5, 0.6) is 5.75 Å². The van der Waals surface area contributed by atoms with E-state index < -0.39 is 0 Å². The molecule has 0 fully saturated rings. The maximum atomic E-state index is 12.1. The molecule has 0 aliphatic carbocycles. The second kappa shape index (κ2) is 12.3. The predicted octanol–water partition coefficient (Wildman–Crippen LogP) is 2.38. The van der Waals surface area contributed by atoms with E-state index in [-0.39, 0.29) is 24.4 Å². The minimum absolute atomic E-state index is 0. The van der Waals surface area contributed by atoms with Crippen LogP contribution in [-0.4, -0.2) is 38.8 Å². The molecule has 3 N–H and O–H groups in total. The van der Waals surface area contributed by atoms with Gasteiger partial charge in [0.15, 0.2) is 0 Å². The molecule has 0 saturated carbocycles. The Morgan fingerprint density at radius 3 is 2.50 bits per heavy atom. The Labute approximate surface area is 139 Å². The fourth-order valence-electron chi connectivity index (χ4n) is 1.91. The lowest BCUT2D eigenvalue weighted by molar-refractivity contribution is 0.0935. The highest BCUT2D eigenvalue weighted by atomic mass is 35.5. The molecule has 1 aromatic carbocycles. The molecule has 0 aromatic heterocycles. The van der Waals surface area contributed by atoms with Crippen molar-refractivity contribution in [3.05, 3.63) is 29.8 Å². The lowest BCUT2D eigenvalue weighted by atomic mass is 10.1. The van der Waals surface area contributed by atoms with Crippen molar-refractivity contribution < 1.29 is 14.3 Å². The van der Waals surface area contributed by atoms with Crippen LogP contribution < -0.4 is 15.8 Å². The lowest BCUT2D eigenvalue weighted by Crippen LogP contribution is -2.40. The molecule has 0 heterocycles. The number of carbonyl (C=O) groups excluding carboxylic acids is 1. The zero-order valence-corrected chi connectivity index (χ0v) is 14.2. The smallest absolute Gasteiger partial charge is 0.251 e. The van der Waals surface area contributed by atoms with E-state index >= 15 is 0 Å². The number of halogens is 1. The van der Waals surface area contributed by atoms with Crippen LogP contribution in [0.2, 0.25) is 0 Å². The zero-order chi connectivity index (χ0) is 15.5. The van der Waals surface area contributed by atoms with E-state index in [2.05, 4.69) is 12.2 Å². The summed E-state index contributed by atoms with van der Waals surface area (Å²) in [6.07, 6.45) is 3.07. The quantitative estimate of drug-likeness (QED) is 0.646. The normalized spacial score (nSPS) is 11.4. The van der Waals surface area contributed by atoms with Crippen molar-refractivity contribution in [3.8, 4) is 5.75 Å². The van der Waals surface area contributed by atoms with Gasteiger partial charge in [-0.05, 0) is 30.7 Å². The van der Waals surface area contributed by atoms with E-state index in [0.29, 0.717) is 25.3 Å². The molecule has 0 spiro atoms. The SMILES string of the molecule is CCCCC(CN)NC(=O)c1ccc(OCCOC)cc1.Cl. The van der Waals surface area contributed by atoms with Crippen LogP contribution in [0.25, 0.3) is 0 Å². The molecule has 6 heteroatoms. The third-order valence-electron chi connectivity index (χ3n) is 3.20. The van der Waals surface area contributed by atoms with Gasteiger partial charge in [-0.15, -0.1) is 12.4 Å². The number of hydrogen-bond acceptors (Lipinski definition) is 4. The maximum absolute atomic E-state index is 12.1. The number of ether oxygens (including phenoxy) is 2. The highest BCUT2D eigenvalue weighted by molar-refractivity contribution is 5.94. The third kappa shape index (κ3) is 7.64. The van der Waals surface area contributed by atoms with Gasteiger partial charge < -0.3 is 20.5 Å². The lowest BCUT2D eigenvalue weighted by Gasteiger charge is -2.16. The molecule has 126 valence electrons. The van der Waals surface area contributed by atoms with E-state index in [1.807, 2.05) is 0 Å². The Hall–Kier alpha value is -1.30. The third-order valence-corrected chi connectivity index (χ3v) is 3.20. The minimum atomic E-state index is -0.0926. The van der Waals surface area contributed by atoms with Gasteiger partial charge in [0.1, 0.15) is 12.4 Å². The summed E-state index contributed by atoms with van der Waals surface area (Å²) in [5, 5.41) is 2.96. The van der Waals surface area contributed by atoms with Gasteiger partial charge in [0.25, 0.3) is 5.91 Å². The van der Waals surface area contributed by atoms with E-state index in [1.165, 1.54) is 0 Å². The summed E-state index contributed by atoms with van der Waals surface area (Å²) in [5.74, 6) is 0.634. The van der Waals surface area contributed by atoms with Crippen molar-refractivity contribution in [2.75, 3.05) is 26.9 Å². The molecule has 1 aromatic rings. The van der Waals surface area contributed by atoms with Crippen molar-refractivity contribution >= 4 is 18.3 Å². The Kier molecular flexibility index (Phi) is 11.5. The summed E-state index contributed by atoms with van der Waals surface area (Å²) in [6, 6.07) is 7.12. The largest absolute Gasteiger partial charge is 0.491 e. The average Bonchev–Trinajstić information content (AvgIpc) is 2.52. The van der Waals surface area contributed by atoms with Crippen LogP contribution in [0.4, 0.5) is 0 Å². The predicted molar refractivity (Wildman–Crippen MR) is 90.9 cm³/mol. The molecule has 22 heavy (non-hydrogen) atoms. The summed E-state index contributed by atoms with van der Waals surface area (Å²) in [7, 11) is 1.63. The first-order chi connectivity index (χ1) is 10.2. The van der Waals surface area contributed by atoms with E-state index in [9.17, 15) is 4.79 Å². The van der Waals surface area contributed by atoms with Crippen molar-refractivity contribution in [1.29, 1.82) is 0 Å². The van der Waals surface area contributed by atoms with Crippen LogP contribution in [0.1, 0.15) is 36.5 Å². The summed E-state index contributed by atoms with van der Waals surface area (Å²) in [4.78, 5) is 12.1. The van der Waals surface area contributed by atoms with Crippen molar-refractivity contribution in [2.24, 2.45) is 5.73 Å². The van der Waals surface area contributed by atoms with Gasteiger partial charge in [0.2, 0.25) is 0 Å². The monoisotopic (exact) mass is 330 g/mol. The Balaban J connectivity index is 0.00000441. The number of methoxy groups -OCH3 is 1. The number of rotatable bonds is 10. The van der Waals surface area contributed by atoms with Crippen molar-refractivity contribution in [1.82, 2.24) is 5.32 Å². The zero-order valence-electron chi connectivity index (χ0n) is 13.3. The number of amides is 1. The molecule has 1 amide bonds. The molecular weight excluding hydrogens is 304 g/mol. The molecule has 0 aliphatic heterocycles. The first-order valence-corrected chi connectivity index (χ1v) is 7.44. The van der Waals surface area contributed by atoms with Gasteiger partial charge in [0.05, 0.1) is 6.61 Å². The number of unbranched alkanes of at least 4 members (excludes halogenated alkanes) is 1. The van der Waals surface area contributed by atoms with Crippen LogP contribution in [-0.2, 0) is 4.74 Å². The van der Waals surface area contributed by atoms with Gasteiger partial charge in [-0.3, -0.25) is 4.79 Å². The van der Waals surface area contributed by atoms with Gasteiger partial charge in [-0.25, -0.2) is 0 Å². The van der Waals surface area contributed by atoms with Gasteiger partial charge in [-0.1, -0.05) is 19.8 Å². The molecule has 5 nitrogen and oxygen atoms in total. The number of benzene rings is 1. The highest BCUT2D eigenvalue weighted by Crippen LogP contribution is 2.12. The summed E-state index contributed by atoms with van der Waals surface area (Å²) < 4.78 is 10.4. The summed E-state index contributed by atoms with van der Waals surface area (Å²) in [5.41, 5.74) is 6.30. The standard InChI is InChI=1S/C16H26N2O3.ClH/c1-3-4-5-14(12-17)18-16(19)13-6-8-15(9-7-13)21-11-10-20-2;/h6-9,14H,3-5,10-12,17H2,1-2H3,(H,18,19);1H. The molecular formula is C16H27ClN2O3. The molecule has 1 rings (SSSR count).